The van der Waals surface area contributed by atoms with Gasteiger partial charge in [-0.05, 0) is 36.8 Å². The van der Waals surface area contributed by atoms with E-state index in [-0.39, 0.29) is 5.11 Å². The number of ether oxygens (including phenoxy) is 1. The number of hydrogen-bond acceptors (Lipinski definition) is 5. The van der Waals surface area contributed by atoms with Crippen LogP contribution in [-0.2, 0) is 0 Å². The lowest BCUT2D eigenvalue weighted by atomic mass is 10.2. The maximum absolute atomic E-state index is 5.62. The molecule has 0 atom stereocenters. The van der Waals surface area contributed by atoms with Crippen molar-refractivity contribution in [3.05, 3.63) is 47.9 Å². The summed E-state index contributed by atoms with van der Waals surface area (Å²) in [6, 6.07) is 7.36. The van der Waals surface area contributed by atoms with Gasteiger partial charge in [0.15, 0.2) is 5.11 Å². The normalized spacial score (nSPS) is 10.4. The van der Waals surface area contributed by atoms with E-state index in [2.05, 4.69) is 32.7 Å². The SMILES string of the molecule is Cc1cncc(Oc2cccc(C=NNC(N)=S)c2)n1. The number of aromatic nitrogens is 2. The number of aryl methyl sites for hydroxylation is 1. The predicted octanol–water partition coefficient (Wildman–Crippen LogP) is 1.74. The van der Waals surface area contributed by atoms with Crippen LogP contribution in [0.4, 0.5) is 0 Å². The van der Waals surface area contributed by atoms with Crippen molar-refractivity contribution in [2.75, 3.05) is 0 Å². The maximum atomic E-state index is 5.62. The molecule has 0 fully saturated rings. The van der Waals surface area contributed by atoms with Crippen molar-refractivity contribution in [3.8, 4) is 11.6 Å². The summed E-state index contributed by atoms with van der Waals surface area (Å²) in [4.78, 5) is 8.24. The Labute approximate surface area is 121 Å². The Hall–Kier alpha value is -2.54. The molecule has 0 aliphatic carbocycles. The number of rotatable bonds is 4. The first-order valence-corrected chi connectivity index (χ1v) is 6.19. The number of hydrazone groups is 1. The zero-order valence-electron chi connectivity index (χ0n) is 10.8. The quantitative estimate of drug-likeness (QED) is 0.506. The predicted molar refractivity (Wildman–Crippen MR) is 80.8 cm³/mol. The third-order valence-electron chi connectivity index (χ3n) is 2.20. The van der Waals surface area contributed by atoms with Gasteiger partial charge in [0, 0.05) is 6.20 Å². The average Bonchev–Trinajstić information content (AvgIpc) is 2.39. The molecule has 7 heteroatoms. The molecule has 0 saturated heterocycles. The molecule has 20 heavy (non-hydrogen) atoms. The first-order chi connectivity index (χ1) is 9.63. The Morgan fingerprint density at radius 3 is 3.05 bits per heavy atom. The Bertz CT molecular complexity index is 644. The molecule has 2 rings (SSSR count). The number of nitrogens with zero attached hydrogens (tertiary/aromatic N) is 3. The van der Waals surface area contributed by atoms with Gasteiger partial charge in [0.2, 0.25) is 5.88 Å². The van der Waals surface area contributed by atoms with E-state index in [4.69, 9.17) is 10.5 Å². The summed E-state index contributed by atoms with van der Waals surface area (Å²) in [6.45, 7) is 1.85. The smallest absolute Gasteiger partial charge is 0.238 e. The summed E-state index contributed by atoms with van der Waals surface area (Å²) in [7, 11) is 0. The molecule has 1 aromatic heterocycles. The number of nitrogens with one attached hydrogen (secondary N) is 1. The van der Waals surface area contributed by atoms with Gasteiger partial charge in [0.25, 0.3) is 0 Å². The largest absolute Gasteiger partial charge is 0.437 e. The second-order valence-corrected chi connectivity index (χ2v) is 4.35. The van der Waals surface area contributed by atoms with Crippen LogP contribution in [-0.4, -0.2) is 21.3 Å². The van der Waals surface area contributed by atoms with Crippen molar-refractivity contribution in [1.29, 1.82) is 0 Å². The summed E-state index contributed by atoms with van der Waals surface area (Å²) in [5.41, 5.74) is 9.39. The number of hydrogen-bond donors (Lipinski definition) is 2. The molecule has 102 valence electrons. The second kappa shape index (κ2) is 6.58. The van der Waals surface area contributed by atoms with Gasteiger partial charge in [-0.15, -0.1) is 0 Å². The van der Waals surface area contributed by atoms with Crippen molar-refractivity contribution in [2.24, 2.45) is 10.8 Å². The highest BCUT2D eigenvalue weighted by Crippen LogP contribution is 2.19. The molecule has 2 aromatic rings. The summed E-state index contributed by atoms with van der Waals surface area (Å²) in [5, 5.41) is 3.99. The molecule has 3 N–H and O–H groups in total. The Balaban J connectivity index is 2.09. The molecule has 6 nitrogen and oxygen atoms in total. The van der Waals surface area contributed by atoms with Crippen molar-refractivity contribution >= 4 is 23.5 Å². The van der Waals surface area contributed by atoms with E-state index < -0.39 is 0 Å². The standard InChI is InChI=1S/C13H13N5OS/c1-9-6-15-8-12(17-9)19-11-4-2-3-10(5-11)7-16-18-13(14)20/h2-8H,1H3,(H3,14,18,20). The van der Waals surface area contributed by atoms with Gasteiger partial charge < -0.3 is 10.5 Å². The van der Waals surface area contributed by atoms with Crippen LogP contribution in [0.1, 0.15) is 11.3 Å². The fourth-order valence-corrected chi connectivity index (χ4v) is 1.49. The average molecular weight is 287 g/mol. The first kappa shape index (κ1) is 13.9. The highest BCUT2D eigenvalue weighted by molar-refractivity contribution is 7.80. The van der Waals surface area contributed by atoms with Crippen LogP contribution in [0.2, 0.25) is 0 Å². The van der Waals surface area contributed by atoms with Gasteiger partial charge in [-0.3, -0.25) is 10.4 Å². The lowest BCUT2D eigenvalue weighted by Crippen LogP contribution is -2.23. The minimum absolute atomic E-state index is 0.115. The molecular formula is C13H13N5OS. The van der Waals surface area contributed by atoms with Gasteiger partial charge in [0.05, 0.1) is 18.1 Å². The minimum Gasteiger partial charge on any atom is -0.437 e. The third kappa shape index (κ3) is 4.29. The van der Waals surface area contributed by atoms with E-state index in [0.717, 1.165) is 11.3 Å². The summed E-state index contributed by atoms with van der Waals surface area (Å²) in [5.74, 6) is 1.09. The van der Waals surface area contributed by atoms with Crippen LogP contribution in [0.15, 0.2) is 41.8 Å². The third-order valence-corrected chi connectivity index (χ3v) is 2.29. The van der Waals surface area contributed by atoms with Crippen molar-refractivity contribution in [2.45, 2.75) is 6.92 Å². The summed E-state index contributed by atoms with van der Waals surface area (Å²) in [6.07, 6.45) is 4.81. The van der Waals surface area contributed by atoms with Crippen LogP contribution < -0.4 is 15.9 Å². The monoisotopic (exact) mass is 287 g/mol. The van der Waals surface area contributed by atoms with Gasteiger partial charge in [0.1, 0.15) is 5.75 Å². The maximum Gasteiger partial charge on any atom is 0.238 e. The molecule has 0 unspecified atom stereocenters. The van der Waals surface area contributed by atoms with Crippen LogP contribution >= 0.6 is 12.2 Å². The van der Waals surface area contributed by atoms with Crippen LogP contribution in [0.3, 0.4) is 0 Å². The molecule has 0 spiro atoms. The van der Waals surface area contributed by atoms with Gasteiger partial charge in [-0.25, -0.2) is 4.98 Å². The molecular weight excluding hydrogens is 274 g/mol. The Kier molecular flexibility index (Phi) is 4.56. The molecule has 0 aliphatic rings. The molecule has 0 bridgehead atoms. The van der Waals surface area contributed by atoms with E-state index in [1.54, 1.807) is 18.6 Å². The molecule has 0 radical (unpaired) electrons. The minimum atomic E-state index is 0.115. The van der Waals surface area contributed by atoms with Gasteiger partial charge in [-0.2, -0.15) is 5.10 Å². The molecule has 0 aliphatic heterocycles. The van der Waals surface area contributed by atoms with Crippen LogP contribution in [0.5, 0.6) is 11.6 Å². The van der Waals surface area contributed by atoms with Crippen molar-refractivity contribution in [3.63, 3.8) is 0 Å². The van der Waals surface area contributed by atoms with E-state index in [0.29, 0.717) is 11.6 Å². The number of thiocarbonyl (C=S) groups is 1. The molecule has 1 heterocycles. The Morgan fingerprint density at radius 1 is 1.45 bits per heavy atom. The van der Waals surface area contributed by atoms with Gasteiger partial charge in [-0.1, -0.05) is 12.1 Å². The zero-order chi connectivity index (χ0) is 14.4. The lowest BCUT2D eigenvalue weighted by Gasteiger charge is -2.05. The van der Waals surface area contributed by atoms with Crippen LogP contribution in [0.25, 0.3) is 0 Å². The van der Waals surface area contributed by atoms with Gasteiger partial charge >= 0.3 is 0 Å². The van der Waals surface area contributed by atoms with Crippen molar-refractivity contribution < 1.29 is 4.74 Å². The Morgan fingerprint density at radius 2 is 2.30 bits per heavy atom. The number of nitrogens with two attached hydrogens (primary N) is 1. The van der Waals surface area contributed by atoms with E-state index >= 15 is 0 Å². The molecule has 1 aromatic carbocycles. The van der Waals surface area contributed by atoms with E-state index in [1.165, 1.54) is 0 Å². The number of benzene rings is 1. The second-order valence-electron chi connectivity index (χ2n) is 3.91. The summed E-state index contributed by atoms with van der Waals surface area (Å²) < 4.78 is 5.62. The first-order valence-electron chi connectivity index (χ1n) is 5.78. The molecule has 0 saturated carbocycles. The van der Waals surface area contributed by atoms with Crippen molar-refractivity contribution in [1.82, 2.24) is 15.4 Å². The fraction of sp³-hybridized carbons (Fsp3) is 0.0769. The summed E-state index contributed by atoms with van der Waals surface area (Å²) >= 11 is 4.65. The fourth-order valence-electron chi connectivity index (χ4n) is 1.44. The van der Waals surface area contributed by atoms with E-state index in [9.17, 15) is 0 Å². The zero-order valence-corrected chi connectivity index (χ0v) is 11.6. The highest BCUT2D eigenvalue weighted by Gasteiger charge is 2.00. The lowest BCUT2D eigenvalue weighted by molar-refractivity contribution is 0.458. The van der Waals surface area contributed by atoms with Crippen LogP contribution in [0, 0.1) is 6.92 Å². The topological polar surface area (TPSA) is 85.4 Å². The highest BCUT2D eigenvalue weighted by atomic mass is 32.1. The van der Waals surface area contributed by atoms with E-state index in [1.807, 2.05) is 31.2 Å². The molecule has 0 amide bonds.